The summed E-state index contributed by atoms with van der Waals surface area (Å²) in [5.41, 5.74) is -0.969. The van der Waals surface area contributed by atoms with E-state index in [1.54, 1.807) is 0 Å². The van der Waals surface area contributed by atoms with Crippen molar-refractivity contribution >= 4 is 18.3 Å². The Morgan fingerprint density at radius 1 is 1.22 bits per heavy atom. The van der Waals surface area contributed by atoms with Gasteiger partial charge < -0.3 is 4.74 Å². The first-order chi connectivity index (χ1) is 8.36. The van der Waals surface area contributed by atoms with Gasteiger partial charge in [0.1, 0.15) is 6.29 Å². The molecule has 0 saturated heterocycles. The van der Waals surface area contributed by atoms with E-state index >= 15 is 0 Å². The Morgan fingerprint density at radius 3 is 2.33 bits per heavy atom. The standard InChI is InChI=1S/C12H9F3O3/c1-18-11(17)3-2-8-4-9(7-16)6-10(5-8)12(13,14)15/h2-7H,1H3. The quantitative estimate of drug-likeness (QED) is 0.475. The van der Waals surface area contributed by atoms with Crippen molar-refractivity contribution in [1.29, 1.82) is 0 Å². The van der Waals surface area contributed by atoms with Gasteiger partial charge >= 0.3 is 12.1 Å². The van der Waals surface area contributed by atoms with E-state index in [4.69, 9.17) is 0 Å². The van der Waals surface area contributed by atoms with Gasteiger partial charge in [0.2, 0.25) is 0 Å². The molecule has 0 radical (unpaired) electrons. The molecule has 1 rings (SSSR count). The monoisotopic (exact) mass is 258 g/mol. The second-order valence-corrected chi connectivity index (χ2v) is 3.36. The van der Waals surface area contributed by atoms with Crippen LogP contribution in [0.5, 0.6) is 0 Å². The predicted octanol–water partition coefficient (Wildman–Crippen LogP) is 2.70. The van der Waals surface area contributed by atoms with Gasteiger partial charge in [0.05, 0.1) is 12.7 Å². The molecule has 0 aliphatic heterocycles. The van der Waals surface area contributed by atoms with Gasteiger partial charge in [-0.05, 0) is 29.8 Å². The Labute approximate surface area is 101 Å². The van der Waals surface area contributed by atoms with Crippen molar-refractivity contribution in [1.82, 2.24) is 0 Å². The lowest BCUT2D eigenvalue weighted by Gasteiger charge is -2.08. The SMILES string of the molecule is COC(=O)C=Cc1cc(C=O)cc(C(F)(F)F)c1. The number of alkyl halides is 3. The third-order valence-electron chi connectivity index (χ3n) is 2.05. The summed E-state index contributed by atoms with van der Waals surface area (Å²) in [7, 11) is 1.15. The molecule has 0 aromatic heterocycles. The molecule has 3 nitrogen and oxygen atoms in total. The summed E-state index contributed by atoms with van der Waals surface area (Å²) in [4.78, 5) is 21.4. The van der Waals surface area contributed by atoms with E-state index < -0.39 is 17.7 Å². The van der Waals surface area contributed by atoms with Gasteiger partial charge in [0.15, 0.2) is 0 Å². The van der Waals surface area contributed by atoms with Crippen molar-refractivity contribution in [3.05, 3.63) is 41.0 Å². The van der Waals surface area contributed by atoms with Crippen LogP contribution in [0.3, 0.4) is 0 Å². The number of rotatable bonds is 3. The highest BCUT2D eigenvalue weighted by molar-refractivity contribution is 5.87. The minimum absolute atomic E-state index is 0.0947. The zero-order valence-electron chi connectivity index (χ0n) is 9.32. The highest BCUT2D eigenvalue weighted by atomic mass is 19.4. The number of ether oxygens (including phenoxy) is 1. The zero-order valence-corrected chi connectivity index (χ0v) is 9.32. The Balaban J connectivity index is 3.16. The molecule has 0 saturated carbocycles. The molecule has 0 spiro atoms. The second-order valence-electron chi connectivity index (χ2n) is 3.36. The first kappa shape index (κ1) is 14.0. The molecule has 0 bridgehead atoms. The minimum Gasteiger partial charge on any atom is -0.466 e. The fraction of sp³-hybridized carbons (Fsp3) is 0.167. The Morgan fingerprint density at radius 2 is 1.83 bits per heavy atom. The van der Waals surface area contributed by atoms with Crippen LogP contribution in [-0.4, -0.2) is 19.4 Å². The Kier molecular flexibility index (Phi) is 4.25. The molecule has 0 N–H and O–H groups in total. The smallest absolute Gasteiger partial charge is 0.416 e. The van der Waals surface area contributed by atoms with Gasteiger partial charge in [-0.3, -0.25) is 4.79 Å². The van der Waals surface area contributed by atoms with Crippen LogP contribution in [0.15, 0.2) is 24.3 Å². The number of carbonyl (C=O) groups excluding carboxylic acids is 2. The van der Waals surface area contributed by atoms with Crippen molar-refractivity contribution in [3.63, 3.8) is 0 Å². The number of aldehydes is 1. The van der Waals surface area contributed by atoms with Crippen molar-refractivity contribution < 1.29 is 27.5 Å². The van der Waals surface area contributed by atoms with Crippen LogP contribution in [-0.2, 0) is 15.7 Å². The van der Waals surface area contributed by atoms with E-state index in [1.165, 1.54) is 6.07 Å². The maximum absolute atomic E-state index is 12.5. The van der Waals surface area contributed by atoms with Crippen LogP contribution in [0.25, 0.3) is 6.08 Å². The molecular formula is C12H9F3O3. The van der Waals surface area contributed by atoms with Crippen molar-refractivity contribution in [2.45, 2.75) is 6.18 Å². The van der Waals surface area contributed by atoms with Crippen LogP contribution >= 0.6 is 0 Å². The van der Waals surface area contributed by atoms with E-state index in [2.05, 4.69) is 4.74 Å². The summed E-state index contributed by atoms with van der Waals surface area (Å²) in [6.07, 6.45) is -2.12. The Hall–Kier alpha value is -2.11. The summed E-state index contributed by atoms with van der Waals surface area (Å²) >= 11 is 0. The average molecular weight is 258 g/mol. The second kappa shape index (κ2) is 5.48. The molecule has 0 aliphatic carbocycles. The molecular weight excluding hydrogens is 249 g/mol. The summed E-state index contributed by atoms with van der Waals surface area (Å²) in [6, 6.07) is 2.82. The number of esters is 1. The number of halogens is 3. The first-order valence-electron chi connectivity index (χ1n) is 4.80. The third-order valence-corrected chi connectivity index (χ3v) is 2.05. The lowest BCUT2D eigenvalue weighted by atomic mass is 10.1. The average Bonchev–Trinajstić information content (AvgIpc) is 2.34. The summed E-state index contributed by atoms with van der Waals surface area (Å²) in [5, 5.41) is 0. The van der Waals surface area contributed by atoms with Gasteiger partial charge in [-0.25, -0.2) is 4.79 Å². The minimum atomic E-state index is -4.55. The molecule has 0 fully saturated rings. The lowest BCUT2D eigenvalue weighted by Crippen LogP contribution is -2.06. The van der Waals surface area contributed by atoms with Crippen molar-refractivity contribution in [3.8, 4) is 0 Å². The number of hydrogen-bond donors (Lipinski definition) is 0. The largest absolute Gasteiger partial charge is 0.466 e. The number of carbonyl (C=O) groups is 2. The summed E-state index contributed by atoms with van der Waals surface area (Å²) in [6.45, 7) is 0. The molecule has 0 atom stereocenters. The lowest BCUT2D eigenvalue weighted by molar-refractivity contribution is -0.137. The number of hydrogen-bond acceptors (Lipinski definition) is 3. The van der Waals surface area contributed by atoms with Crippen LogP contribution in [0.4, 0.5) is 13.2 Å². The number of benzene rings is 1. The van der Waals surface area contributed by atoms with Crippen LogP contribution in [0.2, 0.25) is 0 Å². The molecule has 0 amide bonds. The van der Waals surface area contributed by atoms with E-state index in [-0.39, 0.29) is 11.1 Å². The van der Waals surface area contributed by atoms with E-state index in [9.17, 15) is 22.8 Å². The maximum Gasteiger partial charge on any atom is 0.416 e. The first-order valence-corrected chi connectivity index (χ1v) is 4.80. The van der Waals surface area contributed by atoms with E-state index in [1.807, 2.05) is 0 Å². The Bertz CT molecular complexity index is 490. The van der Waals surface area contributed by atoms with Crippen molar-refractivity contribution in [2.24, 2.45) is 0 Å². The summed E-state index contributed by atoms with van der Waals surface area (Å²) in [5.74, 6) is -0.694. The zero-order chi connectivity index (χ0) is 13.8. The van der Waals surface area contributed by atoms with Crippen LogP contribution < -0.4 is 0 Å². The van der Waals surface area contributed by atoms with Crippen LogP contribution in [0, 0.1) is 0 Å². The van der Waals surface area contributed by atoms with Gasteiger partial charge in [-0.1, -0.05) is 0 Å². The molecule has 1 aromatic carbocycles. The molecule has 18 heavy (non-hydrogen) atoms. The molecule has 1 aromatic rings. The van der Waals surface area contributed by atoms with E-state index in [0.717, 1.165) is 31.4 Å². The third kappa shape index (κ3) is 3.73. The van der Waals surface area contributed by atoms with Gasteiger partial charge in [-0.15, -0.1) is 0 Å². The molecule has 0 unspecified atom stereocenters. The summed E-state index contributed by atoms with van der Waals surface area (Å²) < 4.78 is 41.9. The van der Waals surface area contributed by atoms with Gasteiger partial charge in [-0.2, -0.15) is 13.2 Å². The van der Waals surface area contributed by atoms with E-state index in [0.29, 0.717) is 6.29 Å². The van der Waals surface area contributed by atoms with Gasteiger partial charge in [0, 0.05) is 11.6 Å². The van der Waals surface area contributed by atoms with Crippen LogP contribution in [0.1, 0.15) is 21.5 Å². The topological polar surface area (TPSA) is 43.4 Å². The normalized spacial score (nSPS) is 11.6. The van der Waals surface area contributed by atoms with Gasteiger partial charge in [0.25, 0.3) is 0 Å². The molecule has 6 heteroatoms. The molecule has 0 aliphatic rings. The fourth-order valence-electron chi connectivity index (χ4n) is 1.24. The highest BCUT2D eigenvalue weighted by Gasteiger charge is 2.30. The molecule has 96 valence electrons. The maximum atomic E-state index is 12.5. The fourth-order valence-corrected chi connectivity index (χ4v) is 1.24. The highest BCUT2D eigenvalue weighted by Crippen LogP contribution is 2.30. The number of methoxy groups -OCH3 is 1. The van der Waals surface area contributed by atoms with Crippen molar-refractivity contribution in [2.75, 3.05) is 7.11 Å². The molecule has 0 heterocycles. The predicted molar refractivity (Wildman–Crippen MR) is 57.9 cm³/mol.